The third-order valence-electron chi connectivity index (χ3n) is 5.63. The van der Waals surface area contributed by atoms with Gasteiger partial charge in [-0.05, 0) is 33.1 Å². The van der Waals surface area contributed by atoms with E-state index in [9.17, 15) is 4.79 Å². The number of carbonyl (C=O) groups excluding carboxylic acids is 1. The Morgan fingerprint density at radius 3 is 2.50 bits per heavy atom. The lowest BCUT2D eigenvalue weighted by molar-refractivity contribution is -0.135. The lowest BCUT2D eigenvalue weighted by Crippen LogP contribution is -2.57. The van der Waals surface area contributed by atoms with E-state index in [0.717, 1.165) is 82.5 Å². The molecule has 1 N–H and O–H groups in total. The molecule has 28 heavy (non-hydrogen) atoms. The molecule has 8 heteroatoms. The van der Waals surface area contributed by atoms with Crippen LogP contribution < -0.4 is 5.32 Å². The van der Waals surface area contributed by atoms with Gasteiger partial charge in [0.2, 0.25) is 5.91 Å². The highest BCUT2D eigenvalue weighted by Crippen LogP contribution is 2.14. The lowest BCUT2D eigenvalue weighted by Gasteiger charge is -2.39. The predicted octanol–water partition coefficient (Wildman–Crippen LogP) is 1.33. The van der Waals surface area contributed by atoms with Crippen LogP contribution in [0.25, 0.3) is 0 Å². The molecule has 0 saturated carbocycles. The van der Waals surface area contributed by atoms with E-state index in [1.165, 1.54) is 0 Å². The van der Waals surface area contributed by atoms with Gasteiger partial charge in [0, 0.05) is 51.9 Å². The zero-order valence-electron chi connectivity index (χ0n) is 17.5. The van der Waals surface area contributed by atoms with Crippen LogP contribution in [0.1, 0.15) is 45.1 Å². The van der Waals surface area contributed by atoms with Crippen LogP contribution in [0.3, 0.4) is 0 Å². The van der Waals surface area contributed by atoms with Crippen molar-refractivity contribution in [2.75, 3.05) is 45.8 Å². The van der Waals surface area contributed by atoms with Gasteiger partial charge in [-0.25, -0.2) is 4.99 Å². The van der Waals surface area contributed by atoms with Crippen LogP contribution in [0.5, 0.6) is 0 Å². The van der Waals surface area contributed by atoms with Crippen molar-refractivity contribution < 1.29 is 9.32 Å². The molecular weight excluding hydrogens is 356 g/mol. The van der Waals surface area contributed by atoms with Crippen LogP contribution in [0.15, 0.2) is 15.6 Å². The normalized spacial score (nSPS) is 19.9. The molecule has 2 saturated heterocycles. The van der Waals surface area contributed by atoms with Gasteiger partial charge in [-0.2, -0.15) is 0 Å². The first-order valence-corrected chi connectivity index (χ1v) is 10.6. The number of piperazine rings is 1. The maximum absolute atomic E-state index is 12.7. The summed E-state index contributed by atoms with van der Waals surface area (Å²) in [5, 5.41) is 7.40. The topological polar surface area (TPSA) is 77.2 Å². The van der Waals surface area contributed by atoms with Crippen LogP contribution in [0, 0.1) is 0 Å². The monoisotopic (exact) mass is 390 g/mol. The van der Waals surface area contributed by atoms with E-state index in [4.69, 9.17) is 9.52 Å². The molecule has 0 spiro atoms. The number of aromatic nitrogens is 1. The minimum absolute atomic E-state index is 0.0403. The van der Waals surface area contributed by atoms with Crippen LogP contribution in [0.4, 0.5) is 0 Å². The molecule has 0 bridgehead atoms. The lowest BCUT2D eigenvalue weighted by atomic mass is 10.2. The summed E-state index contributed by atoms with van der Waals surface area (Å²) in [6, 6.07) is 1.93. The first kappa shape index (κ1) is 20.6. The highest BCUT2D eigenvalue weighted by atomic mass is 16.5. The first-order valence-electron chi connectivity index (χ1n) is 10.6. The third-order valence-corrected chi connectivity index (χ3v) is 5.63. The molecule has 3 heterocycles. The summed E-state index contributed by atoms with van der Waals surface area (Å²) in [7, 11) is 0. The Morgan fingerprint density at radius 1 is 1.18 bits per heavy atom. The molecule has 2 aliphatic rings. The maximum atomic E-state index is 12.7. The molecule has 2 aliphatic heterocycles. The summed E-state index contributed by atoms with van der Waals surface area (Å²) in [6.07, 6.45) is 3.14. The van der Waals surface area contributed by atoms with Gasteiger partial charge in [-0.15, -0.1) is 0 Å². The van der Waals surface area contributed by atoms with Crippen molar-refractivity contribution in [1.29, 1.82) is 0 Å². The van der Waals surface area contributed by atoms with Gasteiger partial charge in [0.25, 0.3) is 0 Å². The number of aliphatic imine (C=N–C) groups is 1. The number of aryl methyl sites for hydroxylation is 1. The molecule has 156 valence electrons. The van der Waals surface area contributed by atoms with Crippen molar-refractivity contribution in [2.24, 2.45) is 4.99 Å². The zero-order valence-corrected chi connectivity index (χ0v) is 17.5. The van der Waals surface area contributed by atoms with E-state index in [1.54, 1.807) is 0 Å². The van der Waals surface area contributed by atoms with Gasteiger partial charge in [-0.1, -0.05) is 12.1 Å². The number of likely N-dealkylation sites (tertiary alicyclic amines) is 1. The summed E-state index contributed by atoms with van der Waals surface area (Å²) in [5.41, 5.74) is 0.959. The Kier molecular flexibility index (Phi) is 7.30. The first-order chi connectivity index (χ1) is 13.6. The van der Waals surface area contributed by atoms with Gasteiger partial charge < -0.3 is 19.6 Å². The molecule has 1 aromatic rings. The van der Waals surface area contributed by atoms with Crippen molar-refractivity contribution in [3.63, 3.8) is 0 Å². The SMILES string of the molecule is CCNC(=NCc1cc(CC)no1)N1CCN(C(C)C(=O)N2CCCC2)CC1. The molecule has 0 aromatic carbocycles. The molecule has 1 aromatic heterocycles. The number of rotatable bonds is 6. The fourth-order valence-corrected chi connectivity index (χ4v) is 3.85. The minimum atomic E-state index is -0.0403. The Hall–Kier alpha value is -2.09. The molecule has 3 rings (SSSR count). The van der Waals surface area contributed by atoms with Crippen molar-refractivity contribution in [3.05, 3.63) is 17.5 Å². The predicted molar refractivity (Wildman–Crippen MR) is 109 cm³/mol. The molecule has 1 atom stereocenters. The maximum Gasteiger partial charge on any atom is 0.239 e. The van der Waals surface area contributed by atoms with E-state index in [-0.39, 0.29) is 11.9 Å². The molecular formula is C20H34N6O2. The smallest absolute Gasteiger partial charge is 0.239 e. The van der Waals surface area contributed by atoms with Gasteiger partial charge in [0.05, 0.1) is 11.7 Å². The quantitative estimate of drug-likeness (QED) is 0.583. The highest BCUT2D eigenvalue weighted by Gasteiger charge is 2.30. The molecule has 8 nitrogen and oxygen atoms in total. The largest absolute Gasteiger partial charge is 0.359 e. The van der Waals surface area contributed by atoms with Crippen LogP contribution in [-0.4, -0.2) is 83.6 Å². The number of carbonyl (C=O) groups is 1. The second kappa shape index (κ2) is 9.91. The van der Waals surface area contributed by atoms with Gasteiger partial charge in [-0.3, -0.25) is 9.69 Å². The molecule has 0 radical (unpaired) electrons. The van der Waals surface area contributed by atoms with E-state index in [0.29, 0.717) is 6.54 Å². The number of hydrogen-bond acceptors (Lipinski definition) is 5. The summed E-state index contributed by atoms with van der Waals surface area (Å²) < 4.78 is 5.34. The van der Waals surface area contributed by atoms with Gasteiger partial charge in [0.1, 0.15) is 6.54 Å². The van der Waals surface area contributed by atoms with E-state index in [2.05, 4.69) is 34.1 Å². The van der Waals surface area contributed by atoms with Gasteiger partial charge in [0.15, 0.2) is 11.7 Å². The average Bonchev–Trinajstić information content (AvgIpc) is 3.42. The van der Waals surface area contributed by atoms with Crippen molar-refractivity contribution in [1.82, 2.24) is 25.2 Å². The van der Waals surface area contributed by atoms with Crippen LogP contribution in [0.2, 0.25) is 0 Å². The zero-order chi connectivity index (χ0) is 19.9. The number of nitrogens with zero attached hydrogens (tertiary/aromatic N) is 5. The minimum Gasteiger partial charge on any atom is -0.359 e. The standard InChI is InChI=1S/C20H34N6O2/c1-4-17-14-18(28-23-17)15-22-20(21-5-2)26-12-10-24(11-13-26)16(3)19(27)25-8-6-7-9-25/h14,16H,4-13,15H2,1-3H3,(H,21,22). The Morgan fingerprint density at radius 2 is 1.89 bits per heavy atom. The molecule has 2 fully saturated rings. The van der Waals surface area contributed by atoms with Crippen LogP contribution >= 0.6 is 0 Å². The van der Waals surface area contributed by atoms with Crippen molar-refractivity contribution in [2.45, 2.75) is 52.6 Å². The Bertz CT molecular complexity index is 659. The Labute approximate surface area is 167 Å². The summed E-state index contributed by atoms with van der Waals surface area (Å²) >= 11 is 0. The van der Waals surface area contributed by atoms with Crippen molar-refractivity contribution in [3.8, 4) is 0 Å². The second-order valence-corrected chi connectivity index (χ2v) is 7.54. The van der Waals surface area contributed by atoms with E-state index in [1.807, 2.05) is 17.9 Å². The number of amides is 1. The molecule has 1 amide bonds. The fourth-order valence-electron chi connectivity index (χ4n) is 3.85. The third kappa shape index (κ3) is 5.04. The molecule has 0 aliphatic carbocycles. The summed E-state index contributed by atoms with van der Waals surface area (Å²) in [6.45, 7) is 12.8. The fraction of sp³-hybridized carbons (Fsp3) is 0.750. The van der Waals surface area contributed by atoms with Crippen molar-refractivity contribution >= 4 is 11.9 Å². The number of hydrogen-bond donors (Lipinski definition) is 1. The molecule has 1 unspecified atom stereocenters. The van der Waals surface area contributed by atoms with E-state index < -0.39 is 0 Å². The Balaban J connectivity index is 1.54. The number of nitrogens with one attached hydrogen (secondary N) is 1. The van der Waals surface area contributed by atoms with Gasteiger partial charge >= 0.3 is 0 Å². The summed E-state index contributed by atoms with van der Waals surface area (Å²) in [5.74, 6) is 1.97. The van der Waals surface area contributed by atoms with Crippen LogP contribution in [-0.2, 0) is 17.8 Å². The second-order valence-electron chi connectivity index (χ2n) is 7.54. The van der Waals surface area contributed by atoms with E-state index >= 15 is 0 Å². The number of guanidine groups is 1. The average molecular weight is 391 g/mol. The summed E-state index contributed by atoms with van der Waals surface area (Å²) in [4.78, 5) is 24.0. The highest BCUT2D eigenvalue weighted by molar-refractivity contribution is 5.82.